The second kappa shape index (κ2) is 9.32. The highest BCUT2D eigenvalue weighted by molar-refractivity contribution is 4.25. The summed E-state index contributed by atoms with van der Waals surface area (Å²) in [4.78, 5) is 10.00. The van der Waals surface area contributed by atoms with Gasteiger partial charge in [0.2, 0.25) is 13.6 Å². The fourth-order valence-electron chi connectivity index (χ4n) is 1.30. The summed E-state index contributed by atoms with van der Waals surface area (Å²) < 4.78 is 0. The van der Waals surface area contributed by atoms with Gasteiger partial charge in [0.05, 0.1) is 0 Å². The zero-order chi connectivity index (χ0) is 10.2. The van der Waals surface area contributed by atoms with Crippen LogP contribution in [0.4, 0.5) is 0 Å². The van der Waals surface area contributed by atoms with Crippen molar-refractivity contribution < 1.29 is 30.2 Å². The van der Waals surface area contributed by atoms with E-state index in [1.165, 1.54) is 0 Å². The molecule has 0 unspecified atom stereocenters. The van der Waals surface area contributed by atoms with Gasteiger partial charge < -0.3 is 15.7 Å². The number of nitrogens with zero attached hydrogens (tertiary/aromatic N) is 1. The largest absolute Gasteiger partial charge is 0.870 e. The summed E-state index contributed by atoms with van der Waals surface area (Å²) in [5, 5.41) is 17.4. The third-order valence-electron chi connectivity index (χ3n) is 1.71. The highest BCUT2D eigenvalue weighted by Gasteiger charge is 2.30. The van der Waals surface area contributed by atoms with Crippen molar-refractivity contribution in [2.24, 2.45) is 0 Å². The zero-order valence-corrected chi connectivity index (χ0v) is 8.85. The summed E-state index contributed by atoms with van der Waals surface area (Å²) in [6.45, 7) is 4.41. The molecule has 0 aliphatic heterocycles. The average Bonchev–Trinajstić information content (AvgIpc) is 2.06. The summed E-state index contributed by atoms with van der Waals surface area (Å²) in [5.74, 6) is 0. The summed E-state index contributed by atoms with van der Waals surface area (Å²) in [6.07, 6.45) is 1.72. The Morgan fingerprint density at radius 1 is 0.929 bits per heavy atom. The van der Waals surface area contributed by atoms with Crippen LogP contribution in [0.25, 0.3) is 0 Å². The van der Waals surface area contributed by atoms with E-state index in [9.17, 15) is 0 Å². The lowest BCUT2D eigenvalue weighted by atomic mass is 10.4. The Hall–Kier alpha value is -0.240. The molecule has 0 aliphatic rings. The number of aliphatic hydroxyl groups excluding tert-OH is 2. The minimum absolute atomic E-state index is 0. The van der Waals surface area contributed by atoms with Crippen LogP contribution in [-0.4, -0.2) is 47.2 Å². The Kier molecular flexibility index (Phi) is 10.8. The normalized spacial score (nSPS) is 11.1. The molecule has 0 aromatic heterocycles. The first kappa shape index (κ1) is 16.2. The first-order valence-corrected chi connectivity index (χ1v) is 4.62. The molecule has 6 heteroatoms. The van der Waals surface area contributed by atoms with Gasteiger partial charge in [0.15, 0.2) is 0 Å². The van der Waals surface area contributed by atoms with Crippen molar-refractivity contribution in [3.63, 3.8) is 0 Å². The summed E-state index contributed by atoms with van der Waals surface area (Å²) in [5.41, 5.74) is 0. The average molecular weight is 211 g/mol. The molecule has 0 fully saturated rings. The Bertz CT molecular complexity index is 92.8. The first-order valence-electron chi connectivity index (χ1n) is 4.62. The second-order valence-corrected chi connectivity index (χ2v) is 2.78. The van der Waals surface area contributed by atoms with Crippen LogP contribution in [-0.2, 0) is 9.68 Å². The summed E-state index contributed by atoms with van der Waals surface area (Å²) in [7, 11) is 0. The van der Waals surface area contributed by atoms with E-state index in [1.807, 2.05) is 13.8 Å². The van der Waals surface area contributed by atoms with Gasteiger partial charge in [-0.15, -0.1) is 9.68 Å². The van der Waals surface area contributed by atoms with E-state index in [1.54, 1.807) is 0 Å². The van der Waals surface area contributed by atoms with Gasteiger partial charge in [0.1, 0.15) is 13.1 Å². The van der Waals surface area contributed by atoms with Crippen molar-refractivity contribution >= 4 is 0 Å². The third kappa shape index (κ3) is 5.48. The molecule has 0 heterocycles. The molecule has 14 heavy (non-hydrogen) atoms. The zero-order valence-electron chi connectivity index (χ0n) is 8.85. The van der Waals surface area contributed by atoms with Gasteiger partial charge in [-0.05, 0) is 17.7 Å². The Labute approximate surface area is 84.5 Å². The highest BCUT2D eigenvalue weighted by Crippen LogP contribution is 2.11. The van der Waals surface area contributed by atoms with E-state index in [0.29, 0.717) is 13.1 Å². The van der Waals surface area contributed by atoms with Gasteiger partial charge in [-0.2, -0.15) is 0 Å². The summed E-state index contributed by atoms with van der Waals surface area (Å²) >= 11 is 0. The standard InChI is InChI=1S/C8H20NO4.H2O/c1-3-5-9(6-4-2,12-7-10)13-8-11;/h10-11H,3-8H2,1-2H3;1H2/q+1;/p-1. The molecular formula is C8H21NO5. The van der Waals surface area contributed by atoms with Crippen LogP contribution >= 0.6 is 0 Å². The minimum atomic E-state index is -0.403. The predicted octanol–water partition coefficient (Wildman–Crippen LogP) is 0.209. The molecule has 3 N–H and O–H groups in total. The van der Waals surface area contributed by atoms with Crippen LogP contribution in [0, 0.1) is 0 Å². The molecule has 0 saturated carbocycles. The van der Waals surface area contributed by atoms with Gasteiger partial charge in [-0.1, -0.05) is 13.8 Å². The van der Waals surface area contributed by atoms with E-state index in [0.717, 1.165) is 12.8 Å². The maximum atomic E-state index is 8.68. The molecule has 0 spiro atoms. The number of rotatable bonds is 8. The molecule has 0 bridgehead atoms. The van der Waals surface area contributed by atoms with E-state index in [2.05, 4.69) is 0 Å². The molecule has 88 valence electrons. The van der Waals surface area contributed by atoms with Crippen molar-refractivity contribution in [3.05, 3.63) is 0 Å². The topological polar surface area (TPSA) is 88.9 Å². The lowest BCUT2D eigenvalue weighted by molar-refractivity contribution is -1.25. The van der Waals surface area contributed by atoms with E-state index >= 15 is 0 Å². The van der Waals surface area contributed by atoms with Gasteiger partial charge in [0, 0.05) is 0 Å². The molecule has 0 aromatic rings. The number of quaternary nitrogens is 1. The van der Waals surface area contributed by atoms with Gasteiger partial charge in [-0.25, -0.2) is 0 Å². The highest BCUT2D eigenvalue weighted by atomic mass is 17.0. The fourth-order valence-corrected chi connectivity index (χ4v) is 1.30. The van der Waals surface area contributed by atoms with E-state index < -0.39 is 13.6 Å². The molecule has 0 rings (SSSR count). The smallest absolute Gasteiger partial charge is 0.206 e. The molecule has 0 radical (unpaired) electrons. The Morgan fingerprint density at radius 2 is 1.29 bits per heavy atom. The Morgan fingerprint density at radius 3 is 1.50 bits per heavy atom. The van der Waals surface area contributed by atoms with Crippen molar-refractivity contribution in [2.75, 3.05) is 26.7 Å². The molecule has 0 aromatic carbocycles. The van der Waals surface area contributed by atoms with Crippen molar-refractivity contribution in [3.8, 4) is 0 Å². The number of aliphatic hydroxyl groups is 2. The molecule has 0 amide bonds. The quantitative estimate of drug-likeness (QED) is 0.340. The molecular weight excluding hydrogens is 190 g/mol. The first-order chi connectivity index (χ1) is 6.24. The number of hydrogen-bond donors (Lipinski definition) is 2. The lowest BCUT2D eigenvalue weighted by Gasteiger charge is -2.30. The molecule has 0 atom stereocenters. The monoisotopic (exact) mass is 211 g/mol. The molecule has 6 nitrogen and oxygen atoms in total. The van der Waals surface area contributed by atoms with Crippen molar-refractivity contribution in [1.82, 2.24) is 0 Å². The maximum absolute atomic E-state index is 8.68. The van der Waals surface area contributed by atoms with E-state index in [-0.39, 0.29) is 10.3 Å². The second-order valence-electron chi connectivity index (χ2n) is 2.78. The van der Waals surface area contributed by atoms with Crippen LogP contribution < -0.4 is 0 Å². The number of hydrogen-bond acceptors (Lipinski definition) is 5. The van der Waals surface area contributed by atoms with E-state index in [4.69, 9.17) is 19.9 Å². The number of hydroxylamine groups is 4. The van der Waals surface area contributed by atoms with Crippen molar-refractivity contribution in [1.29, 1.82) is 0 Å². The summed E-state index contributed by atoms with van der Waals surface area (Å²) in [6, 6.07) is 0. The minimum Gasteiger partial charge on any atom is -0.870 e. The van der Waals surface area contributed by atoms with Crippen molar-refractivity contribution in [2.45, 2.75) is 26.7 Å². The third-order valence-corrected chi connectivity index (χ3v) is 1.71. The SMILES string of the molecule is CCC[N+](CCC)(OCO)OCO.[OH-]. The van der Waals surface area contributed by atoms with Crippen LogP contribution in [0.1, 0.15) is 26.7 Å². The van der Waals surface area contributed by atoms with Crippen LogP contribution in [0.3, 0.4) is 0 Å². The fraction of sp³-hybridized carbons (Fsp3) is 1.00. The van der Waals surface area contributed by atoms with Gasteiger partial charge in [-0.3, -0.25) is 0 Å². The van der Waals surface area contributed by atoms with Crippen LogP contribution in [0.2, 0.25) is 0 Å². The lowest BCUT2D eigenvalue weighted by Crippen LogP contribution is -2.49. The Balaban J connectivity index is 0. The van der Waals surface area contributed by atoms with Crippen LogP contribution in [0.15, 0.2) is 0 Å². The molecule has 0 saturated heterocycles. The van der Waals surface area contributed by atoms with Gasteiger partial charge >= 0.3 is 0 Å². The molecule has 0 aliphatic carbocycles. The maximum Gasteiger partial charge on any atom is 0.206 e. The van der Waals surface area contributed by atoms with Gasteiger partial charge in [0.25, 0.3) is 0 Å². The predicted molar refractivity (Wildman–Crippen MR) is 48.9 cm³/mol. The van der Waals surface area contributed by atoms with Crippen LogP contribution in [0.5, 0.6) is 0 Å².